The zero-order valence-electron chi connectivity index (χ0n) is 25.6. The normalized spacial score (nSPS) is 22.2. The summed E-state index contributed by atoms with van der Waals surface area (Å²) in [4.78, 5) is 23.4. The van der Waals surface area contributed by atoms with Crippen LogP contribution in [0.4, 0.5) is 52.7 Å². The molecule has 274 valence electrons. The summed E-state index contributed by atoms with van der Waals surface area (Å²) in [6, 6.07) is 0. The van der Waals surface area contributed by atoms with Gasteiger partial charge in [0.15, 0.2) is 5.60 Å². The van der Waals surface area contributed by atoms with E-state index in [4.69, 9.17) is 4.74 Å². The van der Waals surface area contributed by atoms with Crippen LogP contribution in [0.2, 0.25) is 0 Å². The SMILES string of the molecule is CCC(C)(C)C(=O)NS(=O)(=O)C(F)(F)F.CCC(C)(C)C(=O)OC1CC(C(C)(O)C(F)(F)F)CC(C(O)(C(F)(F)F)C(F)(F)F)C1. The number of carbonyl (C=O) groups is 2. The Morgan fingerprint density at radius 2 is 1.09 bits per heavy atom. The van der Waals surface area contributed by atoms with E-state index in [0.29, 0.717) is 0 Å². The Kier molecular flexibility index (Phi) is 13.2. The highest BCUT2D eigenvalue weighted by molar-refractivity contribution is 7.90. The molecule has 0 heterocycles. The van der Waals surface area contributed by atoms with Crippen molar-refractivity contribution in [2.75, 3.05) is 0 Å². The van der Waals surface area contributed by atoms with Crippen LogP contribution in [0.5, 0.6) is 0 Å². The van der Waals surface area contributed by atoms with Crippen molar-refractivity contribution in [3.63, 3.8) is 0 Å². The van der Waals surface area contributed by atoms with Gasteiger partial charge in [0.2, 0.25) is 5.91 Å². The van der Waals surface area contributed by atoms with Crippen LogP contribution in [0.1, 0.15) is 80.6 Å². The summed E-state index contributed by atoms with van der Waals surface area (Å²) >= 11 is 0. The van der Waals surface area contributed by atoms with Crippen LogP contribution in [-0.2, 0) is 24.3 Å². The van der Waals surface area contributed by atoms with Crippen LogP contribution >= 0.6 is 0 Å². The Bertz CT molecular complexity index is 1160. The Hall–Kier alpha value is -2.03. The zero-order valence-corrected chi connectivity index (χ0v) is 26.5. The first-order valence-electron chi connectivity index (χ1n) is 13.5. The van der Waals surface area contributed by atoms with Crippen molar-refractivity contribution >= 4 is 21.9 Å². The minimum absolute atomic E-state index is 0.167. The number of esters is 1. The van der Waals surface area contributed by atoms with Crippen molar-refractivity contribution in [1.29, 1.82) is 0 Å². The molecule has 1 saturated carbocycles. The number of hydrogen-bond donors (Lipinski definition) is 3. The minimum Gasteiger partial charge on any atom is -0.462 e. The standard InChI is InChI=1S/C18H25F9O4.C7H12F3NO3S/c1-5-13(2,3)12(28)31-11-7-9(14(4,29)16(19,20)21)6-10(8-11)15(30,17(22,23)24)18(25,26)27;1-4-6(2,3)5(12)11-15(13,14)7(8,9)10/h9-11,29-30H,5-8H2,1-4H3;4H2,1-3H3,(H,11,12). The summed E-state index contributed by atoms with van der Waals surface area (Å²) in [5.41, 5.74) is -16.9. The van der Waals surface area contributed by atoms with Gasteiger partial charge in [0.25, 0.3) is 5.60 Å². The van der Waals surface area contributed by atoms with Crippen molar-refractivity contribution in [2.45, 2.75) is 122 Å². The van der Waals surface area contributed by atoms with Crippen molar-refractivity contribution < 1.29 is 85.6 Å². The molecule has 21 heteroatoms. The van der Waals surface area contributed by atoms with Crippen molar-refractivity contribution in [2.24, 2.45) is 22.7 Å². The zero-order chi connectivity index (χ0) is 37.3. The van der Waals surface area contributed by atoms with Crippen LogP contribution in [-0.4, -0.2) is 71.9 Å². The maximum Gasteiger partial charge on any atom is 0.516 e. The van der Waals surface area contributed by atoms with Crippen LogP contribution in [0.25, 0.3) is 0 Å². The molecule has 0 spiro atoms. The van der Waals surface area contributed by atoms with Gasteiger partial charge in [-0.1, -0.05) is 27.7 Å². The molecule has 0 aliphatic heterocycles. The molecule has 0 saturated heterocycles. The Morgan fingerprint density at radius 3 is 1.41 bits per heavy atom. The summed E-state index contributed by atoms with van der Waals surface area (Å²) in [7, 11) is -5.59. The lowest BCUT2D eigenvalue weighted by molar-refractivity contribution is -0.391. The number of sulfonamides is 1. The van der Waals surface area contributed by atoms with E-state index >= 15 is 0 Å². The smallest absolute Gasteiger partial charge is 0.462 e. The molecule has 1 rings (SSSR count). The van der Waals surface area contributed by atoms with Gasteiger partial charge in [-0.25, -0.2) is 4.72 Å². The second-order valence-electron chi connectivity index (χ2n) is 12.4. The maximum atomic E-state index is 13.3. The van der Waals surface area contributed by atoms with Crippen LogP contribution in [0.3, 0.4) is 0 Å². The lowest BCUT2D eigenvalue weighted by Gasteiger charge is -2.47. The molecule has 0 aromatic rings. The highest BCUT2D eigenvalue weighted by Gasteiger charge is 2.75. The van der Waals surface area contributed by atoms with E-state index in [1.165, 1.54) is 27.7 Å². The van der Waals surface area contributed by atoms with E-state index in [2.05, 4.69) is 0 Å². The Morgan fingerprint density at radius 1 is 0.696 bits per heavy atom. The second kappa shape index (κ2) is 13.8. The molecule has 46 heavy (non-hydrogen) atoms. The monoisotopic (exact) mass is 723 g/mol. The lowest BCUT2D eigenvalue weighted by Crippen LogP contribution is -2.64. The summed E-state index contributed by atoms with van der Waals surface area (Å²) in [6.07, 6.45) is -22.8. The fourth-order valence-electron chi connectivity index (χ4n) is 3.95. The Labute approximate surface area is 257 Å². The fraction of sp³-hybridized carbons (Fsp3) is 0.920. The van der Waals surface area contributed by atoms with Gasteiger partial charge in [0, 0.05) is 17.3 Å². The number of amides is 1. The van der Waals surface area contributed by atoms with Gasteiger partial charge in [-0.05, 0) is 52.9 Å². The number of alkyl halides is 12. The predicted molar refractivity (Wildman–Crippen MR) is 136 cm³/mol. The van der Waals surface area contributed by atoms with Gasteiger partial charge in [0.1, 0.15) is 6.10 Å². The maximum absolute atomic E-state index is 13.3. The molecule has 3 N–H and O–H groups in total. The van der Waals surface area contributed by atoms with E-state index in [1.54, 1.807) is 13.8 Å². The predicted octanol–water partition coefficient (Wildman–Crippen LogP) is 6.31. The Balaban J connectivity index is 0.00000113. The molecule has 1 fully saturated rings. The molecule has 1 aliphatic carbocycles. The van der Waals surface area contributed by atoms with Gasteiger partial charge in [0.05, 0.1) is 5.41 Å². The lowest BCUT2D eigenvalue weighted by atomic mass is 9.66. The van der Waals surface area contributed by atoms with Gasteiger partial charge < -0.3 is 14.9 Å². The number of carbonyl (C=O) groups excluding carboxylic acids is 2. The van der Waals surface area contributed by atoms with Gasteiger partial charge in [-0.2, -0.15) is 61.1 Å². The van der Waals surface area contributed by atoms with Crippen LogP contribution in [0.15, 0.2) is 0 Å². The highest BCUT2D eigenvalue weighted by atomic mass is 32.2. The van der Waals surface area contributed by atoms with Gasteiger partial charge in [-0.3, -0.25) is 9.59 Å². The van der Waals surface area contributed by atoms with Crippen molar-refractivity contribution in [3.05, 3.63) is 0 Å². The van der Waals surface area contributed by atoms with Crippen LogP contribution < -0.4 is 4.72 Å². The number of nitrogens with one attached hydrogen (secondary N) is 1. The van der Waals surface area contributed by atoms with E-state index in [9.17, 15) is 80.9 Å². The first kappa shape index (κ1) is 44.0. The molecule has 0 aromatic carbocycles. The van der Waals surface area contributed by atoms with E-state index in [1.807, 2.05) is 0 Å². The highest BCUT2D eigenvalue weighted by Crippen LogP contribution is 2.55. The molecular formula is C25H37F12NO7S. The quantitative estimate of drug-likeness (QED) is 0.198. The topological polar surface area (TPSA) is 130 Å². The molecule has 0 radical (unpaired) electrons. The van der Waals surface area contributed by atoms with E-state index in [-0.39, 0.29) is 19.8 Å². The van der Waals surface area contributed by atoms with Crippen molar-refractivity contribution in [3.8, 4) is 0 Å². The van der Waals surface area contributed by atoms with Gasteiger partial charge >= 0.3 is 40.0 Å². The number of halogens is 12. The molecule has 0 bridgehead atoms. The number of rotatable bonds is 8. The van der Waals surface area contributed by atoms with Crippen LogP contribution in [0, 0.1) is 22.7 Å². The molecule has 8 nitrogen and oxygen atoms in total. The molecule has 4 unspecified atom stereocenters. The number of aliphatic hydroxyl groups is 2. The third-order valence-electron chi connectivity index (χ3n) is 8.23. The first-order chi connectivity index (χ1) is 20.0. The average Bonchev–Trinajstić information content (AvgIpc) is 2.85. The summed E-state index contributed by atoms with van der Waals surface area (Å²) in [6.45, 7) is 8.80. The molecular weight excluding hydrogens is 686 g/mol. The van der Waals surface area contributed by atoms with E-state index < -0.39 is 105 Å². The summed E-state index contributed by atoms with van der Waals surface area (Å²) in [5.74, 6) is -7.25. The largest absolute Gasteiger partial charge is 0.516 e. The fourth-order valence-corrected chi connectivity index (χ4v) is 4.59. The van der Waals surface area contributed by atoms with Gasteiger partial charge in [-0.15, -0.1) is 0 Å². The minimum atomic E-state index is -6.28. The van der Waals surface area contributed by atoms with E-state index in [0.717, 1.165) is 4.72 Å². The molecule has 4 atom stereocenters. The number of hydrogen-bond acceptors (Lipinski definition) is 7. The molecule has 0 aromatic heterocycles. The first-order valence-corrected chi connectivity index (χ1v) is 14.9. The third-order valence-corrected chi connectivity index (χ3v) is 9.29. The second-order valence-corrected chi connectivity index (χ2v) is 14.1. The molecule has 1 amide bonds. The molecule has 1 aliphatic rings. The average molecular weight is 724 g/mol. The summed E-state index contributed by atoms with van der Waals surface area (Å²) in [5, 5.41) is 19.6. The van der Waals surface area contributed by atoms with Crippen molar-refractivity contribution in [1.82, 2.24) is 4.72 Å². The third kappa shape index (κ3) is 9.76. The number of ether oxygens (including phenoxy) is 1. The summed E-state index contributed by atoms with van der Waals surface area (Å²) < 4.78 is 182.